The zero-order chi connectivity index (χ0) is 19.2. The summed E-state index contributed by atoms with van der Waals surface area (Å²) in [4.78, 5) is 16.1. The molecule has 0 saturated carbocycles. The number of aromatic nitrogens is 1. The normalized spacial score (nSPS) is 10.5. The molecule has 3 rings (SSSR count). The molecule has 1 heterocycles. The van der Waals surface area contributed by atoms with Gasteiger partial charge in [0.25, 0.3) is 5.91 Å². The summed E-state index contributed by atoms with van der Waals surface area (Å²) in [5.41, 5.74) is 0.628. The van der Waals surface area contributed by atoms with Crippen molar-refractivity contribution in [2.24, 2.45) is 0 Å². The third-order valence-corrected chi connectivity index (χ3v) is 3.88. The monoisotopic (exact) mass is 371 g/mol. The maximum Gasteiger partial charge on any atom is 0.274 e. The molecule has 0 fully saturated rings. The van der Waals surface area contributed by atoms with Crippen molar-refractivity contribution in [2.45, 2.75) is 6.42 Å². The smallest absolute Gasteiger partial charge is 0.274 e. The van der Waals surface area contributed by atoms with Crippen LogP contribution in [0.5, 0.6) is 0 Å². The Kier molecular flexibility index (Phi) is 5.71. The van der Waals surface area contributed by atoms with Crippen LogP contribution in [0.3, 0.4) is 0 Å². The number of anilines is 2. The van der Waals surface area contributed by atoms with E-state index in [2.05, 4.69) is 15.6 Å². The van der Waals surface area contributed by atoms with E-state index in [0.717, 1.165) is 12.1 Å². The van der Waals surface area contributed by atoms with Gasteiger partial charge in [0.2, 0.25) is 0 Å². The maximum atomic E-state index is 13.6. The minimum atomic E-state index is -0.873. The Morgan fingerprint density at radius 1 is 0.926 bits per heavy atom. The zero-order valence-electron chi connectivity index (χ0n) is 14.2. The number of rotatable bonds is 6. The van der Waals surface area contributed by atoms with Crippen molar-refractivity contribution >= 4 is 17.3 Å². The predicted octanol–water partition coefficient (Wildman–Crippen LogP) is 4.41. The lowest BCUT2D eigenvalue weighted by atomic mass is 10.1. The van der Waals surface area contributed by atoms with Crippen molar-refractivity contribution in [2.75, 3.05) is 17.2 Å². The third-order valence-electron chi connectivity index (χ3n) is 3.88. The van der Waals surface area contributed by atoms with Gasteiger partial charge in [-0.15, -0.1) is 0 Å². The van der Waals surface area contributed by atoms with Crippen LogP contribution in [0.25, 0.3) is 0 Å². The molecule has 0 unspecified atom stereocenters. The zero-order valence-corrected chi connectivity index (χ0v) is 14.2. The summed E-state index contributed by atoms with van der Waals surface area (Å²) in [6.45, 7) is 0.438. The molecule has 0 aliphatic rings. The van der Waals surface area contributed by atoms with Gasteiger partial charge in [0.05, 0.1) is 0 Å². The number of halogens is 3. The highest BCUT2D eigenvalue weighted by molar-refractivity contribution is 6.03. The molecular weight excluding hydrogens is 355 g/mol. The van der Waals surface area contributed by atoms with Gasteiger partial charge in [-0.1, -0.05) is 24.3 Å². The number of pyridine rings is 1. The number of para-hydroxylation sites is 1. The van der Waals surface area contributed by atoms with Gasteiger partial charge in [0.1, 0.15) is 28.8 Å². The molecule has 0 aliphatic carbocycles. The van der Waals surface area contributed by atoms with Crippen LogP contribution in [0, 0.1) is 17.5 Å². The quantitative estimate of drug-likeness (QED) is 0.675. The number of benzene rings is 2. The van der Waals surface area contributed by atoms with Gasteiger partial charge >= 0.3 is 0 Å². The van der Waals surface area contributed by atoms with E-state index in [1.54, 1.807) is 24.3 Å². The summed E-state index contributed by atoms with van der Waals surface area (Å²) >= 11 is 0. The number of hydrogen-bond donors (Lipinski definition) is 2. The molecule has 4 nitrogen and oxygen atoms in total. The molecule has 138 valence electrons. The molecule has 0 atom stereocenters. The number of hydrogen-bond acceptors (Lipinski definition) is 3. The Morgan fingerprint density at radius 3 is 2.37 bits per heavy atom. The first-order valence-corrected chi connectivity index (χ1v) is 8.23. The van der Waals surface area contributed by atoms with Gasteiger partial charge in [-0.05, 0) is 42.3 Å². The molecule has 0 saturated heterocycles. The van der Waals surface area contributed by atoms with Gasteiger partial charge in [-0.25, -0.2) is 13.2 Å². The second-order valence-corrected chi connectivity index (χ2v) is 5.75. The first-order valence-electron chi connectivity index (χ1n) is 8.23. The van der Waals surface area contributed by atoms with Crippen molar-refractivity contribution in [1.82, 2.24) is 4.98 Å². The van der Waals surface area contributed by atoms with E-state index < -0.39 is 23.2 Å². The molecule has 2 aromatic carbocycles. The Morgan fingerprint density at radius 2 is 1.63 bits per heavy atom. The Bertz CT molecular complexity index is 942. The lowest BCUT2D eigenvalue weighted by Gasteiger charge is -2.10. The highest BCUT2D eigenvalue weighted by atomic mass is 19.1. The van der Waals surface area contributed by atoms with Crippen molar-refractivity contribution < 1.29 is 18.0 Å². The largest absolute Gasteiger partial charge is 0.385 e. The molecule has 0 radical (unpaired) electrons. The standard InChI is InChI=1S/C20H16F3N3O/c21-15-5-2-1-4-13(15)8-10-24-14-9-11-25-18(12-14)20(27)26-19-16(22)6-3-7-17(19)23/h1-7,9,11-12H,8,10H2,(H,24,25)(H,26,27). The van der Waals surface area contributed by atoms with Crippen LogP contribution in [-0.4, -0.2) is 17.4 Å². The van der Waals surface area contributed by atoms with Gasteiger partial charge in [-0.2, -0.15) is 0 Å². The predicted molar refractivity (Wildman–Crippen MR) is 97.1 cm³/mol. The van der Waals surface area contributed by atoms with Crippen molar-refractivity contribution in [3.8, 4) is 0 Å². The number of carbonyl (C=O) groups excluding carboxylic acids is 1. The first-order chi connectivity index (χ1) is 13.0. The van der Waals surface area contributed by atoms with Crippen LogP contribution in [0.1, 0.15) is 16.1 Å². The average molecular weight is 371 g/mol. The van der Waals surface area contributed by atoms with Gasteiger partial charge < -0.3 is 10.6 Å². The van der Waals surface area contributed by atoms with E-state index in [-0.39, 0.29) is 11.5 Å². The molecule has 27 heavy (non-hydrogen) atoms. The molecule has 2 N–H and O–H groups in total. The minimum absolute atomic E-state index is 0.00598. The Balaban J connectivity index is 1.64. The third kappa shape index (κ3) is 4.63. The summed E-state index contributed by atoms with van der Waals surface area (Å²) in [5.74, 6) is -2.76. The second-order valence-electron chi connectivity index (χ2n) is 5.75. The van der Waals surface area contributed by atoms with Crippen LogP contribution in [0.15, 0.2) is 60.8 Å². The molecule has 0 aliphatic heterocycles. The topological polar surface area (TPSA) is 54.0 Å². The van der Waals surface area contributed by atoms with E-state index in [0.29, 0.717) is 24.2 Å². The first kappa shape index (κ1) is 18.4. The molecule has 0 spiro atoms. The van der Waals surface area contributed by atoms with Gasteiger partial charge in [0.15, 0.2) is 0 Å². The molecule has 7 heteroatoms. The Labute approximate surface area is 154 Å². The van der Waals surface area contributed by atoms with Crippen LogP contribution in [0.2, 0.25) is 0 Å². The van der Waals surface area contributed by atoms with Crippen LogP contribution in [-0.2, 0) is 6.42 Å². The summed E-state index contributed by atoms with van der Waals surface area (Å²) in [6, 6.07) is 12.9. The van der Waals surface area contributed by atoms with Crippen LogP contribution >= 0.6 is 0 Å². The van der Waals surface area contributed by atoms with E-state index in [1.807, 2.05) is 0 Å². The van der Waals surface area contributed by atoms with E-state index in [4.69, 9.17) is 0 Å². The summed E-state index contributed by atoms with van der Waals surface area (Å²) in [6.07, 6.45) is 1.86. The van der Waals surface area contributed by atoms with Crippen molar-refractivity contribution in [3.05, 3.63) is 89.5 Å². The number of carbonyl (C=O) groups is 1. The fourth-order valence-electron chi connectivity index (χ4n) is 2.50. The van der Waals surface area contributed by atoms with E-state index in [1.165, 1.54) is 24.4 Å². The summed E-state index contributed by atoms with van der Waals surface area (Å²) in [5, 5.41) is 5.25. The summed E-state index contributed by atoms with van der Waals surface area (Å²) in [7, 11) is 0. The van der Waals surface area contributed by atoms with E-state index >= 15 is 0 Å². The van der Waals surface area contributed by atoms with Crippen molar-refractivity contribution in [1.29, 1.82) is 0 Å². The highest BCUT2D eigenvalue weighted by Gasteiger charge is 2.14. The van der Waals surface area contributed by atoms with Crippen LogP contribution < -0.4 is 10.6 Å². The summed E-state index contributed by atoms with van der Waals surface area (Å²) < 4.78 is 40.9. The molecule has 1 aromatic heterocycles. The van der Waals surface area contributed by atoms with Crippen LogP contribution in [0.4, 0.5) is 24.5 Å². The highest BCUT2D eigenvalue weighted by Crippen LogP contribution is 2.19. The number of nitrogens with zero attached hydrogens (tertiary/aromatic N) is 1. The molecule has 3 aromatic rings. The minimum Gasteiger partial charge on any atom is -0.385 e. The fraction of sp³-hybridized carbons (Fsp3) is 0.100. The van der Waals surface area contributed by atoms with Crippen molar-refractivity contribution in [3.63, 3.8) is 0 Å². The van der Waals surface area contributed by atoms with Gasteiger partial charge in [0, 0.05) is 18.4 Å². The number of amides is 1. The van der Waals surface area contributed by atoms with Gasteiger partial charge in [-0.3, -0.25) is 9.78 Å². The number of nitrogens with one attached hydrogen (secondary N) is 2. The fourth-order valence-corrected chi connectivity index (χ4v) is 2.50. The molecule has 0 bridgehead atoms. The second kappa shape index (κ2) is 8.35. The Hall–Kier alpha value is -3.35. The SMILES string of the molecule is O=C(Nc1c(F)cccc1F)c1cc(NCCc2ccccc2F)ccn1. The molecular formula is C20H16F3N3O. The lowest BCUT2D eigenvalue weighted by molar-refractivity contribution is 0.102. The lowest BCUT2D eigenvalue weighted by Crippen LogP contribution is -2.16. The maximum absolute atomic E-state index is 13.6. The molecule has 1 amide bonds. The average Bonchev–Trinajstić information content (AvgIpc) is 2.66. The van der Waals surface area contributed by atoms with E-state index in [9.17, 15) is 18.0 Å².